The van der Waals surface area contributed by atoms with Crippen LogP contribution >= 0.6 is 0 Å². The van der Waals surface area contributed by atoms with Gasteiger partial charge in [-0.2, -0.15) is 0 Å². The van der Waals surface area contributed by atoms with E-state index in [-0.39, 0.29) is 0 Å². The van der Waals surface area contributed by atoms with Crippen LogP contribution in [-0.4, -0.2) is 38.8 Å². The van der Waals surface area contributed by atoms with Crippen LogP contribution in [-0.2, 0) is 4.74 Å². The zero-order valence-corrected chi connectivity index (χ0v) is 17.7. The smallest absolute Gasteiger partial charge is 0.169 e. The molecular formula is C21H34N2OSi. The number of hydrogen-bond acceptors (Lipinski definition) is 2. The maximum absolute atomic E-state index is 5.58. The standard InChI is InChI=1S/C21H34N2OSi/c1-16(2)25(17(3)4,18(5)6)23-15-21(22-11-13-24-14-12-22)19-9-7-8-10-20(19)23/h7-10,15-18H,11-14H2,1-6H3. The fraction of sp³-hybridized carbons (Fsp3) is 0.619. The van der Waals surface area contributed by atoms with Gasteiger partial charge in [0.05, 0.1) is 18.9 Å². The lowest BCUT2D eigenvalue weighted by Gasteiger charge is -2.44. The van der Waals surface area contributed by atoms with Gasteiger partial charge >= 0.3 is 0 Å². The molecule has 1 aromatic heterocycles. The van der Waals surface area contributed by atoms with Crippen LogP contribution in [0, 0.1) is 0 Å². The van der Waals surface area contributed by atoms with Crippen molar-refractivity contribution in [2.24, 2.45) is 0 Å². The first-order valence-corrected chi connectivity index (χ1v) is 12.0. The number of hydrogen-bond donors (Lipinski definition) is 0. The van der Waals surface area contributed by atoms with Gasteiger partial charge in [-0.3, -0.25) is 0 Å². The van der Waals surface area contributed by atoms with E-state index >= 15 is 0 Å². The van der Waals surface area contributed by atoms with Gasteiger partial charge in [0.2, 0.25) is 0 Å². The summed E-state index contributed by atoms with van der Waals surface area (Å²) >= 11 is 0. The second-order valence-electron chi connectivity index (χ2n) is 8.35. The van der Waals surface area contributed by atoms with Gasteiger partial charge in [0.15, 0.2) is 8.24 Å². The van der Waals surface area contributed by atoms with Crippen LogP contribution in [0.25, 0.3) is 10.9 Å². The fourth-order valence-electron chi connectivity index (χ4n) is 5.37. The van der Waals surface area contributed by atoms with E-state index in [2.05, 4.69) is 81.1 Å². The molecule has 0 amide bonds. The Morgan fingerprint density at radius 3 is 2.00 bits per heavy atom. The Bertz CT molecular complexity index is 692. The van der Waals surface area contributed by atoms with Crippen LogP contribution < -0.4 is 4.90 Å². The van der Waals surface area contributed by atoms with Crippen LogP contribution in [0.15, 0.2) is 30.5 Å². The van der Waals surface area contributed by atoms with Crippen LogP contribution in [0.2, 0.25) is 16.6 Å². The topological polar surface area (TPSA) is 17.4 Å². The Morgan fingerprint density at radius 2 is 1.44 bits per heavy atom. The Hall–Kier alpha value is -1.26. The summed E-state index contributed by atoms with van der Waals surface area (Å²) in [5.41, 5.74) is 4.91. The molecule has 3 rings (SSSR count). The molecule has 0 saturated carbocycles. The van der Waals surface area contributed by atoms with Gasteiger partial charge in [-0.25, -0.2) is 0 Å². The van der Waals surface area contributed by atoms with E-state index in [0.29, 0.717) is 16.6 Å². The molecule has 0 atom stereocenters. The van der Waals surface area contributed by atoms with E-state index < -0.39 is 8.24 Å². The van der Waals surface area contributed by atoms with Crippen molar-refractivity contribution < 1.29 is 4.74 Å². The highest BCUT2D eigenvalue weighted by molar-refractivity contribution is 6.82. The minimum Gasteiger partial charge on any atom is -0.378 e. The predicted octanol–water partition coefficient (Wildman–Crippen LogP) is 5.50. The van der Waals surface area contributed by atoms with E-state index in [0.717, 1.165) is 26.3 Å². The first kappa shape index (κ1) is 18.5. The van der Waals surface area contributed by atoms with E-state index in [4.69, 9.17) is 4.74 Å². The highest BCUT2D eigenvalue weighted by Gasteiger charge is 2.46. The van der Waals surface area contributed by atoms with Gasteiger partial charge in [-0.1, -0.05) is 59.7 Å². The zero-order chi connectivity index (χ0) is 18.2. The van der Waals surface area contributed by atoms with E-state index in [1.165, 1.54) is 16.6 Å². The maximum Gasteiger partial charge on any atom is 0.169 e. The monoisotopic (exact) mass is 358 g/mol. The van der Waals surface area contributed by atoms with Crippen LogP contribution in [0.1, 0.15) is 41.5 Å². The third-order valence-electron chi connectivity index (χ3n) is 6.23. The van der Waals surface area contributed by atoms with Crippen molar-refractivity contribution in [3.05, 3.63) is 30.5 Å². The third-order valence-corrected chi connectivity index (χ3v) is 13.0. The molecule has 138 valence electrons. The first-order valence-electron chi connectivity index (χ1n) is 9.83. The molecular weight excluding hydrogens is 324 g/mol. The minimum absolute atomic E-state index is 0.695. The molecule has 25 heavy (non-hydrogen) atoms. The SMILES string of the molecule is CC(C)[Si](C(C)C)(C(C)C)n1cc(N2CCOCC2)c2ccccc21. The summed E-state index contributed by atoms with van der Waals surface area (Å²) in [6.07, 6.45) is 2.49. The number of fused-ring (bicyclic) bond motifs is 1. The molecule has 3 nitrogen and oxygen atoms in total. The molecule has 0 spiro atoms. The number of aromatic nitrogens is 1. The van der Waals surface area contributed by atoms with E-state index in [1.807, 2.05) is 0 Å². The summed E-state index contributed by atoms with van der Waals surface area (Å²) in [5, 5.41) is 1.41. The number of anilines is 1. The molecule has 0 aliphatic carbocycles. The van der Waals surface area contributed by atoms with Gasteiger partial charge in [-0.15, -0.1) is 0 Å². The summed E-state index contributed by atoms with van der Waals surface area (Å²) in [6.45, 7) is 18.3. The molecule has 1 aliphatic heterocycles. The van der Waals surface area contributed by atoms with Crippen LogP contribution in [0.3, 0.4) is 0 Å². The average Bonchev–Trinajstić information content (AvgIpc) is 2.95. The van der Waals surface area contributed by atoms with Crippen LogP contribution in [0.5, 0.6) is 0 Å². The van der Waals surface area contributed by atoms with Gasteiger partial charge in [0.25, 0.3) is 0 Å². The molecule has 0 bridgehead atoms. The van der Waals surface area contributed by atoms with E-state index in [9.17, 15) is 0 Å². The average molecular weight is 359 g/mol. The second kappa shape index (κ2) is 7.16. The number of benzene rings is 1. The van der Waals surface area contributed by atoms with Crippen molar-refractivity contribution in [2.45, 2.75) is 58.2 Å². The number of ether oxygens (including phenoxy) is 1. The summed E-state index contributed by atoms with van der Waals surface area (Å²) < 4.78 is 8.33. The van der Waals surface area contributed by atoms with Gasteiger partial charge in [0.1, 0.15) is 0 Å². The molecule has 0 unspecified atom stereocenters. The summed E-state index contributed by atoms with van der Waals surface area (Å²) in [5.74, 6) is 0. The van der Waals surface area contributed by atoms with Crippen molar-refractivity contribution in [3.8, 4) is 0 Å². The molecule has 1 saturated heterocycles. The second-order valence-corrected chi connectivity index (χ2v) is 14.1. The highest BCUT2D eigenvalue weighted by Crippen LogP contribution is 2.46. The van der Waals surface area contributed by atoms with Crippen molar-refractivity contribution in [1.29, 1.82) is 0 Å². The number of nitrogens with zero attached hydrogens (tertiary/aromatic N) is 2. The van der Waals surface area contributed by atoms with Crippen molar-refractivity contribution >= 4 is 24.8 Å². The summed E-state index contributed by atoms with van der Waals surface area (Å²) in [4.78, 5) is 2.52. The molecule has 4 heteroatoms. The van der Waals surface area contributed by atoms with Gasteiger partial charge in [-0.05, 0) is 22.7 Å². The normalized spacial score (nSPS) is 16.6. The molecule has 1 aliphatic rings. The number of rotatable bonds is 5. The largest absolute Gasteiger partial charge is 0.378 e. The molecule has 2 aromatic rings. The van der Waals surface area contributed by atoms with Crippen molar-refractivity contribution in [2.75, 3.05) is 31.2 Å². The van der Waals surface area contributed by atoms with E-state index in [1.54, 1.807) is 0 Å². The molecule has 1 aromatic carbocycles. The first-order chi connectivity index (χ1) is 11.9. The van der Waals surface area contributed by atoms with Crippen molar-refractivity contribution in [1.82, 2.24) is 4.23 Å². The molecule has 1 fully saturated rings. The quantitative estimate of drug-likeness (QED) is 0.656. The lowest BCUT2D eigenvalue weighted by atomic mass is 10.2. The minimum atomic E-state index is -1.75. The lowest BCUT2D eigenvalue weighted by Crippen LogP contribution is -2.51. The third kappa shape index (κ3) is 2.93. The van der Waals surface area contributed by atoms with Crippen LogP contribution in [0.4, 0.5) is 5.69 Å². The van der Waals surface area contributed by atoms with Gasteiger partial charge < -0.3 is 13.9 Å². The Labute approximate surface area is 154 Å². The summed E-state index contributed by atoms with van der Waals surface area (Å²) in [6, 6.07) is 9.01. The summed E-state index contributed by atoms with van der Waals surface area (Å²) in [7, 11) is -1.75. The highest BCUT2D eigenvalue weighted by atomic mass is 28.3. The fourth-order valence-corrected chi connectivity index (χ4v) is 12.0. The van der Waals surface area contributed by atoms with Crippen molar-refractivity contribution in [3.63, 3.8) is 0 Å². The maximum atomic E-state index is 5.58. The molecule has 0 radical (unpaired) electrons. The predicted molar refractivity (Wildman–Crippen MR) is 111 cm³/mol. The van der Waals surface area contributed by atoms with Gasteiger partial charge in [0, 0.05) is 30.2 Å². The molecule has 0 N–H and O–H groups in total. The Morgan fingerprint density at radius 1 is 0.880 bits per heavy atom. The lowest BCUT2D eigenvalue weighted by molar-refractivity contribution is 0.123. The zero-order valence-electron chi connectivity index (χ0n) is 16.7. The number of morpholine rings is 1. The Balaban J connectivity index is 2.24. The number of para-hydroxylation sites is 1. The Kier molecular flexibility index (Phi) is 5.31. The molecule has 2 heterocycles.